The maximum atomic E-state index is 12.3. The highest BCUT2D eigenvalue weighted by Crippen LogP contribution is 2.37. The van der Waals surface area contributed by atoms with Gasteiger partial charge in [-0.15, -0.1) is 0 Å². The molecule has 0 fully saturated rings. The Morgan fingerprint density at radius 2 is 1.53 bits per heavy atom. The zero-order chi connectivity index (χ0) is 24.1. The Kier molecular flexibility index (Phi) is 6.45. The number of fused-ring (bicyclic) bond motifs is 1. The van der Waals surface area contributed by atoms with Crippen molar-refractivity contribution in [2.45, 2.75) is 0 Å². The Morgan fingerprint density at radius 1 is 0.824 bits per heavy atom. The fourth-order valence-electron chi connectivity index (χ4n) is 3.29. The number of methoxy groups -OCH3 is 2. The van der Waals surface area contributed by atoms with Gasteiger partial charge in [0.1, 0.15) is 11.5 Å². The molecule has 1 aromatic heterocycles. The Balaban J connectivity index is 1.46. The van der Waals surface area contributed by atoms with Gasteiger partial charge in [0.15, 0.2) is 11.5 Å². The third-order valence-corrected chi connectivity index (χ3v) is 4.91. The largest absolute Gasteiger partial charge is 0.493 e. The summed E-state index contributed by atoms with van der Waals surface area (Å²) in [6.45, 7) is 0. The van der Waals surface area contributed by atoms with Gasteiger partial charge < -0.3 is 30.0 Å². The van der Waals surface area contributed by atoms with Crippen molar-refractivity contribution in [1.82, 2.24) is 4.98 Å². The third-order valence-electron chi connectivity index (χ3n) is 4.91. The van der Waals surface area contributed by atoms with Crippen molar-refractivity contribution in [2.24, 2.45) is 0 Å². The van der Waals surface area contributed by atoms with Crippen LogP contribution in [-0.2, 0) is 0 Å². The monoisotopic (exact) mass is 459 g/mol. The number of anilines is 2. The van der Waals surface area contributed by atoms with E-state index in [1.807, 2.05) is 0 Å². The number of aromatic nitrogens is 1. The number of pyridine rings is 1. The Morgan fingerprint density at radius 3 is 2.24 bits per heavy atom. The highest BCUT2D eigenvalue weighted by atomic mass is 16.5. The minimum Gasteiger partial charge on any atom is -0.493 e. The van der Waals surface area contributed by atoms with Crippen LogP contribution in [0.15, 0.2) is 72.9 Å². The third kappa shape index (κ3) is 4.99. The first kappa shape index (κ1) is 22.4. The number of carboxylic acid groups (broad SMARTS) is 1. The Bertz CT molecular complexity index is 1350. The number of carbonyl (C=O) groups is 2. The molecule has 3 N–H and O–H groups in total. The van der Waals surface area contributed by atoms with Gasteiger partial charge in [-0.25, -0.2) is 9.59 Å². The summed E-state index contributed by atoms with van der Waals surface area (Å²) in [5.41, 5.74) is 1.68. The van der Waals surface area contributed by atoms with Gasteiger partial charge in [0.05, 0.1) is 25.3 Å². The predicted octanol–water partition coefficient (Wildman–Crippen LogP) is 5.39. The molecule has 0 spiro atoms. The van der Waals surface area contributed by atoms with E-state index in [9.17, 15) is 9.59 Å². The summed E-state index contributed by atoms with van der Waals surface area (Å²) in [5.74, 6) is 1.21. The van der Waals surface area contributed by atoms with Crippen molar-refractivity contribution in [1.29, 1.82) is 0 Å². The average Bonchev–Trinajstić information content (AvgIpc) is 2.84. The number of carbonyl (C=O) groups excluding carboxylic acids is 1. The standard InChI is InChI=1S/C25H21N3O6/c1-32-22-13-19-20(14-23(22)33-2)26-11-10-21(19)34-18-8-6-16(7-9-18)27-25(31)28-17-5-3-4-15(12-17)24(29)30/h3-14H,1-2H3,(H,29,30)(H2,27,28,31). The molecular formula is C25H21N3O6. The molecule has 3 aromatic carbocycles. The van der Waals surface area contributed by atoms with E-state index in [0.717, 1.165) is 5.39 Å². The number of carboxylic acids is 1. The minimum absolute atomic E-state index is 0.0824. The molecule has 0 bridgehead atoms. The van der Waals surface area contributed by atoms with Crippen LogP contribution in [0.1, 0.15) is 10.4 Å². The van der Waals surface area contributed by atoms with Crippen LogP contribution in [0.2, 0.25) is 0 Å². The van der Waals surface area contributed by atoms with E-state index >= 15 is 0 Å². The highest BCUT2D eigenvalue weighted by molar-refractivity contribution is 6.00. The SMILES string of the molecule is COc1cc2nccc(Oc3ccc(NC(=O)Nc4cccc(C(=O)O)c4)cc3)c2cc1OC. The van der Waals surface area contributed by atoms with E-state index in [-0.39, 0.29) is 5.56 Å². The molecule has 9 heteroatoms. The summed E-state index contributed by atoms with van der Waals surface area (Å²) >= 11 is 0. The van der Waals surface area contributed by atoms with Gasteiger partial charge >= 0.3 is 12.0 Å². The average molecular weight is 459 g/mol. The van der Waals surface area contributed by atoms with Gasteiger partial charge in [-0.05, 0) is 54.6 Å². The first-order chi connectivity index (χ1) is 16.5. The number of benzene rings is 3. The smallest absolute Gasteiger partial charge is 0.335 e. The number of hydrogen-bond acceptors (Lipinski definition) is 6. The second-order valence-electron chi connectivity index (χ2n) is 7.12. The molecular weight excluding hydrogens is 438 g/mol. The van der Waals surface area contributed by atoms with Crippen molar-refractivity contribution in [3.8, 4) is 23.0 Å². The van der Waals surface area contributed by atoms with Crippen molar-refractivity contribution in [3.63, 3.8) is 0 Å². The van der Waals surface area contributed by atoms with Crippen molar-refractivity contribution >= 4 is 34.3 Å². The van der Waals surface area contributed by atoms with Crippen molar-refractivity contribution in [2.75, 3.05) is 24.9 Å². The fraction of sp³-hybridized carbons (Fsp3) is 0.0800. The van der Waals surface area contributed by atoms with Crippen molar-refractivity contribution in [3.05, 3.63) is 78.5 Å². The molecule has 172 valence electrons. The second-order valence-corrected chi connectivity index (χ2v) is 7.12. The molecule has 0 aliphatic heterocycles. The molecule has 0 aliphatic carbocycles. The molecule has 0 saturated heterocycles. The number of nitrogens with one attached hydrogen (secondary N) is 2. The molecule has 34 heavy (non-hydrogen) atoms. The molecule has 9 nitrogen and oxygen atoms in total. The molecule has 1 heterocycles. The summed E-state index contributed by atoms with van der Waals surface area (Å²) < 4.78 is 16.7. The number of nitrogens with zero attached hydrogens (tertiary/aromatic N) is 1. The van der Waals surface area contributed by atoms with Crippen LogP contribution in [-0.4, -0.2) is 36.3 Å². The number of aromatic carboxylic acids is 1. The lowest BCUT2D eigenvalue weighted by Crippen LogP contribution is -2.19. The second kappa shape index (κ2) is 9.78. The quantitative estimate of drug-likeness (QED) is 0.339. The molecule has 0 radical (unpaired) electrons. The van der Waals surface area contributed by atoms with E-state index in [1.54, 1.807) is 75.0 Å². The lowest BCUT2D eigenvalue weighted by Gasteiger charge is -2.13. The maximum Gasteiger partial charge on any atom is 0.335 e. The summed E-state index contributed by atoms with van der Waals surface area (Å²) in [7, 11) is 3.12. The Hall–Kier alpha value is -4.79. The number of amides is 2. The minimum atomic E-state index is -1.07. The van der Waals surface area contributed by atoms with E-state index in [1.165, 1.54) is 12.1 Å². The van der Waals surface area contributed by atoms with Crippen LogP contribution in [0.25, 0.3) is 10.9 Å². The van der Waals surface area contributed by atoms with Gasteiger partial charge in [0, 0.05) is 29.0 Å². The van der Waals surface area contributed by atoms with Crippen LogP contribution in [0.5, 0.6) is 23.0 Å². The molecule has 0 saturated carbocycles. The lowest BCUT2D eigenvalue weighted by molar-refractivity contribution is 0.0697. The molecule has 0 atom stereocenters. The lowest BCUT2D eigenvalue weighted by atomic mass is 10.2. The van der Waals surface area contributed by atoms with Crippen molar-refractivity contribution < 1.29 is 28.9 Å². The topological polar surface area (TPSA) is 119 Å². The van der Waals surface area contributed by atoms with E-state index < -0.39 is 12.0 Å². The number of hydrogen-bond donors (Lipinski definition) is 3. The van der Waals surface area contributed by atoms with Crippen LogP contribution in [0.4, 0.5) is 16.2 Å². The van der Waals surface area contributed by atoms with E-state index in [2.05, 4.69) is 15.6 Å². The van der Waals surface area contributed by atoms with Gasteiger partial charge in [0.2, 0.25) is 0 Å². The first-order valence-electron chi connectivity index (χ1n) is 10.2. The van der Waals surface area contributed by atoms with Crippen LogP contribution in [0, 0.1) is 0 Å². The summed E-state index contributed by atoms with van der Waals surface area (Å²) in [6.07, 6.45) is 1.64. The summed E-state index contributed by atoms with van der Waals surface area (Å²) in [4.78, 5) is 27.7. The van der Waals surface area contributed by atoms with E-state index in [0.29, 0.717) is 39.9 Å². The summed E-state index contributed by atoms with van der Waals surface area (Å²) in [6, 6.07) is 17.6. The molecule has 0 unspecified atom stereocenters. The van der Waals surface area contributed by atoms with Gasteiger partial charge in [0.25, 0.3) is 0 Å². The van der Waals surface area contributed by atoms with Crippen LogP contribution < -0.4 is 24.8 Å². The van der Waals surface area contributed by atoms with Crippen LogP contribution >= 0.6 is 0 Å². The first-order valence-corrected chi connectivity index (χ1v) is 10.2. The van der Waals surface area contributed by atoms with Gasteiger partial charge in [-0.1, -0.05) is 6.07 Å². The molecule has 4 aromatic rings. The molecule has 4 rings (SSSR count). The predicted molar refractivity (Wildman–Crippen MR) is 127 cm³/mol. The maximum absolute atomic E-state index is 12.3. The van der Waals surface area contributed by atoms with Gasteiger partial charge in [-0.3, -0.25) is 4.98 Å². The highest BCUT2D eigenvalue weighted by Gasteiger charge is 2.12. The number of ether oxygens (including phenoxy) is 3. The molecule has 0 aliphatic rings. The zero-order valence-corrected chi connectivity index (χ0v) is 18.4. The number of urea groups is 1. The Labute approximate surface area is 194 Å². The fourth-order valence-corrected chi connectivity index (χ4v) is 3.29. The zero-order valence-electron chi connectivity index (χ0n) is 18.4. The summed E-state index contributed by atoms with van der Waals surface area (Å²) in [5, 5.41) is 15.1. The molecule has 2 amide bonds. The van der Waals surface area contributed by atoms with Crippen LogP contribution in [0.3, 0.4) is 0 Å². The normalized spacial score (nSPS) is 10.4. The van der Waals surface area contributed by atoms with Gasteiger partial charge in [-0.2, -0.15) is 0 Å². The number of rotatable bonds is 7. The van der Waals surface area contributed by atoms with E-state index in [4.69, 9.17) is 19.3 Å².